The molecular formula is C18H21FN4O2. The lowest BCUT2D eigenvalue weighted by atomic mass is 10.0. The third-order valence-electron chi connectivity index (χ3n) is 4.41. The summed E-state index contributed by atoms with van der Waals surface area (Å²) >= 11 is 0. The number of rotatable bonds is 4. The van der Waals surface area contributed by atoms with Crippen molar-refractivity contribution in [2.75, 3.05) is 13.1 Å². The number of hydrogen-bond donors (Lipinski definition) is 1. The highest BCUT2D eigenvalue weighted by Gasteiger charge is 2.36. The van der Waals surface area contributed by atoms with Crippen LogP contribution >= 0.6 is 0 Å². The molecule has 1 N–H and O–H groups in total. The van der Waals surface area contributed by atoms with Crippen LogP contribution in [0.1, 0.15) is 41.0 Å². The number of benzene rings is 1. The fourth-order valence-electron chi connectivity index (χ4n) is 3.14. The van der Waals surface area contributed by atoms with Gasteiger partial charge in [0, 0.05) is 25.3 Å². The lowest BCUT2D eigenvalue weighted by Crippen LogP contribution is -2.52. The highest BCUT2D eigenvalue weighted by atomic mass is 19.1. The predicted octanol–water partition coefficient (Wildman–Crippen LogP) is 2.05. The number of carbonyl (C=O) groups is 2. The number of aryl methyl sites for hydroxylation is 1. The Bertz CT molecular complexity index is 802. The second kappa shape index (κ2) is 7.04. The van der Waals surface area contributed by atoms with Crippen LogP contribution in [0.4, 0.5) is 4.39 Å². The zero-order valence-electron chi connectivity index (χ0n) is 14.3. The van der Waals surface area contributed by atoms with Gasteiger partial charge in [-0.05, 0) is 31.0 Å². The number of halogens is 1. The average molecular weight is 344 g/mol. The molecule has 2 heterocycles. The van der Waals surface area contributed by atoms with E-state index in [-0.39, 0.29) is 11.8 Å². The van der Waals surface area contributed by atoms with Gasteiger partial charge in [0.05, 0.1) is 11.8 Å². The highest BCUT2D eigenvalue weighted by Crippen LogP contribution is 2.26. The van der Waals surface area contributed by atoms with Crippen molar-refractivity contribution in [3.8, 4) is 0 Å². The van der Waals surface area contributed by atoms with Crippen molar-refractivity contribution in [2.45, 2.75) is 32.9 Å². The summed E-state index contributed by atoms with van der Waals surface area (Å²) in [7, 11) is 0. The van der Waals surface area contributed by atoms with Crippen molar-refractivity contribution < 1.29 is 14.0 Å². The molecule has 2 aromatic rings. The lowest BCUT2D eigenvalue weighted by molar-refractivity contribution is -0.128. The van der Waals surface area contributed by atoms with E-state index in [4.69, 9.17) is 0 Å². The van der Waals surface area contributed by atoms with E-state index in [9.17, 15) is 14.0 Å². The summed E-state index contributed by atoms with van der Waals surface area (Å²) in [6, 6.07) is 4.97. The normalized spacial score (nSPS) is 17.5. The van der Waals surface area contributed by atoms with Crippen LogP contribution in [0.2, 0.25) is 0 Å². The Balaban J connectivity index is 1.95. The topological polar surface area (TPSA) is 67.2 Å². The van der Waals surface area contributed by atoms with Gasteiger partial charge in [-0.1, -0.05) is 19.1 Å². The number of nitrogens with one attached hydrogen (secondary N) is 1. The van der Waals surface area contributed by atoms with Crippen molar-refractivity contribution in [3.05, 3.63) is 53.1 Å². The van der Waals surface area contributed by atoms with Gasteiger partial charge in [0.1, 0.15) is 11.9 Å². The third-order valence-corrected chi connectivity index (χ3v) is 4.41. The van der Waals surface area contributed by atoms with Gasteiger partial charge in [-0.2, -0.15) is 5.10 Å². The second-order valence-corrected chi connectivity index (χ2v) is 6.11. The molecule has 0 radical (unpaired) electrons. The number of piperazine rings is 1. The highest BCUT2D eigenvalue weighted by molar-refractivity contribution is 5.99. The molecular weight excluding hydrogens is 323 g/mol. The Morgan fingerprint density at radius 2 is 2.24 bits per heavy atom. The summed E-state index contributed by atoms with van der Waals surface area (Å²) in [5, 5.41) is 7.01. The maximum absolute atomic E-state index is 13.6. The van der Waals surface area contributed by atoms with Crippen molar-refractivity contribution in [3.63, 3.8) is 0 Å². The molecule has 1 atom stereocenters. The first kappa shape index (κ1) is 17.1. The van der Waals surface area contributed by atoms with Crippen molar-refractivity contribution >= 4 is 11.8 Å². The van der Waals surface area contributed by atoms with Crippen LogP contribution in [0.3, 0.4) is 0 Å². The number of carbonyl (C=O) groups excluding carboxylic acids is 2. The SMILES string of the molecule is CCCn1ncc(C(=O)N2CCNC(=O)C2c2cccc(F)c2)c1C. The number of amides is 2. The molecule has 7 heteroatoms. The Hall–Kier alpha value is -2.70. The van der Waals surface area contributed by atoms with E-state index in [1.165, 1.54) is 17.0 Å². The van der Waals surface area contributed by atoms with Gasteiger partial charge in [-0.15, -0.1) is 0 Å². The van der Waals surface area contributed by atoms with Gasteiger partial charge in [-0.25, -0.2) is 4.39 Å². The van der Waals surface area contributed by atoms with E-state index in [0.717, 1.165) is 18.7 Å². The number of hydrogen-bond acceptors (Lipinski definition) is 3. The Morgan fingerprint density at radius 3 is 2.96 bits per heavy atom. The molecule has 132 valence electrons. The van der Waals surface area contributed by atoms with Crippen LogP contribution in [0.15, 0.2) is 30.5 Å². The quantitative estimate of drug-likeness (QED) is 0.923. The summed E-state index contributed by atoms with van der Waals surface area (Å²) in [5.41, 5.74) is 1.71. The molecule has 1 aliphatic rings. The minimum atomic E-state index is -0.842. The van der Waals surface area contributed by atoms with E-state index in [2.05, 4.69) is 10.4 Å². The summed E-state index contributed by atoms with van der Waals surface area (Å²) in [6.07, 6.45) is 2.46. The monoisotopic (exact) mass is 344 g/mol. The minimum absolute atomic E-state index is 0.260. The summed E-state index contributed by atoms with van der Waals surface area (Å²) in [6.45, 7) is 5.35. The molecule has 1 aromatic carbocycles. The van der Waals surface area contributed by atoms with Crippen LogP contribution in [0, 0.1) is 12.7 Å². The third kappa shape index (κ3) is 3.26. The molecule has 1 unspecified atom stereocenters. The van der Waals surface area contributed by atoms with E-state index in [0.29, 0.717) is 24.2 Å². The molecule has 6 nitrogen and oxygen atoms in total. The fraction of sp³-hybridized carbons (Fsp3) is 0.389. The van der Waals surface area contributed by atoms with E-state index in [1.54, 1.807) is 23.0 Å². The van der Waals surface area contributed by atoms with Gasteiger partial charge in [0.2, 0.25) is 5.91 Å². The zero-order valence-corrected chi connectivity index (χ0v) is 14.3. The van der Waals surface area contributed by atoms with Crippen LogP contribution in [0.5, 0.6) is 0 Å². The summed E-state index contributed by atoms with van der Waals surface area (Å²) < 4.78 is 15.4. The first-order valence-electron chi connectivity index (χ1n) is 8.39. The van der Waals surface area contributed by atoms with E-state index in [1.807, 2.05) is 13.8 Å². The average Bonchev–Trinajstić information content (AvgIpc) is 2.95. The van der Waals surface area contributed by atoms with Crippen LogP contribution < -0.4 is 5.32 Å². The van der Waals surface area contributed by atoms with Gasteiger partial charge in [-0.3, -0.25) is 14.3 Å². The standard InChI is InChI=1S/C18H21FN4O2/c1-3-8-23-12(2)15(11-21-23)18(25)22-9-7-20-17(24)16(22)13-5-4-6-14(19)10-13/h4-6,10-11,16H,3,7-9H2,1-2H3,(H,20,24). The summed E-state index contributed by atoms with van der Waals surface area (Å²) in [5.74, 6) is -0.997. The molecule has 0 aliphatic carbocycles. The lowest BCUT2D eigenvalue weighted by Gasteiger charge is -2.35. The van der Waals surface area contributed by atoms with Crippen molar-refractivity contribution in [1.29, 1.82) is 0 Å². The van der Waals surface area contributed by atoms with Gasteiger partial charge >= 0.3 is 0 Å². The molecule has 3 rings (SSSR count). The molecule has 0 saturated carbocycles. The molecule has 25 heavy (non-hydrogen) atoms. The van der Waals surface area contributed by atoms with E-state index < -0.39 is 11.9 Å². The van der Waals surface area contributed by atoms with Gasteiger partial charge in [0.15, 0.2) is 0 Å². The smallest absolute Gasteiger partial charge is 0.258 e. The van der Waals surface area contributed by atoms with Gasteiger partial charge < -0.3 is 10.2 Å². The Labute approximate surface area is 145 Å². The first-order chi connectivity index (χ1) is 12.0. The summed E-state index contributed by atoms with van der Waals surface area (Å²) in [4.78, 5) is 26.9. The predicted molar refractivity (Wildman–Crippen MR) is 90.4 cm³/mol. The van der Waals surface area contributed by atoms with Crippen molar-refractivity contribution in [2.24, 2.45) is 0 Å². The van der Waals surface area contributed by atoms with Gasteiger partial charge in [0.25, 0.3) is 5.91 Å². The fourth-order valence-corrected chi connectivity index (χ4v) is 3.14. The molecule has 1 saturated heterocycles. The Morgan fingerprint density at radius 1 is 1.44 bits per heavy atom. The maximum atomic E-state index is 13.6. The number of aromatic nitrogens is 2. The molecule has 1 aliphatic heterocycles. The van der Waals surface area contributed by atoms with Crippen LogP contribution in [-0.4, -0.2) is 39.6 Å². The molecule has 1 aromatic heterocycles. The molecule has 1 fully saturated rings. The largest absolute Gasteiger partial charge is 0.352 e. The second-order valence-electron chi connectivity index (χ2n) is 6.11. The molecule has 0 spiro atoms. The Kier molecular flexibility index (Phi) is 4.83. The first-order valence-corrected chi connectivity index (χ1v) is 8.39. The molecule has 2 amide bonds. The van der Waals surface area contributed by atoms with Crippen LogP contribution in [0.25, 0.3) is 0 Å². The van der Waals surface area contributed by atoms with E-state index >= 15 is 0 Å². The minimum Gasteiger partial charge on any atom is -0.352 e. The van der Waals surface area contributed by atoms with Crippen molar-refractivity contribution in [1.82, 2.24) is 20.0 Å². The number of nitrogens with zero attached hydrogens (tertiary/aromatic N) is 3. The zero-order chi connectivity index (χ0) is 18.0. The van der Waals surface area contributed by atoms with Crippen LogP contribution in [-0.2, 0) is 11.3 Å². The maximum Gasteiger partial charge on any atom is 0.258 e. The molecule has 0 bridgehead atoms.